The third-order valence-electron chi connectivity index (χ3n) is 4.68. The molecule has 0 aromatic heterocycles. The van der Waals surface area contributed by atoms with Crippen LogP contribution in [0.25, 0.3) is 0 Å². The molecule has 1 fully saturated rings. The lowest BCUT2D eigenvalue weighted by Gasteiger charge is -2.10. The number of carboxylic acid groups (broad SMARTS) is 1. The molecule has 2 N–H and O–H groups in total. The van der Waals surface area contributed by atoms with Crippen molar-refractivity contribution < 1.29 is 24.2 Å². The highest BCUT2D eigenvalue weighted by Crippen LogP contribution is 2.55. The minimum atomic E-state index is -1.13. The SMILES string of the molecule is COc1ccc(C2C(C#N)C2C(=O)Nc2ccccc2C(=O)O)cc1OC. The van der Waals surface area contributed by atoms with E-state index in [2.05, 4.69) is 11.4 Å². The second kappa shape index (κ2) is 7.38. The van der Waals surface area contributed by atoms with E-state index >= 15 is 0 Å². The lowest BCUT2D eigenvalue weighted by atomic mass is 10.1. The molecule has 0 spiro atoms. The first-order valence-electron chi connectivity index (χ1n) is 8.26. The number of ether oxygens (including phenoxy) is 2. The van der Waals surface area contributed by atoms with Crippen LogP contribution in [-0.2, 0) is 4.79 Å². The van der Waals surface area contributed by atoms with E-state index in [1.165, 1.54) is 26.4 Å². The molecule has 1 amide bonds. The molecule has 0 saturated heterocycles. The van der Waals surface area contributed by atoms with Crippen LogP contribution < -0.4 is 14.8 Å². The molecule has 138 valence electrons. The van der Waals surface area contributed by atoms with Crippen LogP contribution in [0.2, 0.25) is 0 Å². The zero-order valence-corrected chi connectivity index (χ0v) is 14.8. The average Bonchev–Trinajstić information content (AvgIpc) is 3.42. The van der Waals surface area contributed by atoms with Gasteiger partial charge in [-0.05, 0) is 29.8 Å². The van der Waals surface area contributed by atoms with E-state index in [4.69, 9.17) is 9.47 Å². The van der Waals surface area contributed by atoms with Crippen LogP contribution in [0.1, 0.15) is 21.8 Å². The van der Waals surface area contributed by atoms with Crippen LogP contribution in [-0.4, -0.2) is 31.2 Å². The lowest BCUT2D eigenvalue weighted by Crippen LogP contribution is -2.17. The molecule has 3 unspecified atom stereocenters. The molecule has 7 nitrogen and oxygen atoms in total. The quantitative estimate of drug-likeness (QED) is 0.814. The predicted molar refractivity (Wildman–Crippen MR) is 96.9 cm³/mol. The van der Waals surface area contributed by atoms with Crippen molar-refractivity contribution in [2.75, 3.05) is 19.5 Å². The van der Waals surface area contributed by atoms with Crippen molar-refractivity contribution in [1.29, 1.82) is 5.26 Å². The van der Waals surface area contributed by atoms with E-state index in [0.29, 0.717) is 11.5 Å². The van der Waals surface area contributed by atoms with Gasteiger partial charge in [0.1, 0.15) is 0 Å². The number of para-hydroxylation sites is 1. The molecule has 0 aliphatic heterocycles. The lowest BCUT2D eigenvalue weighted by molar-refractivity contribution is -0.117. The maximum atomic E-state index is 12.7. The fraction of sp³-hybridized carbons (Fsp3) is 0.250. The summed E-state index contributed by atoms with van der Waals surface area (Å²) in [7, 11) is 3.05. The number of benzene rings is 2. The van der Waals surface area contributed by atoms with Crippen LogP contribution in [0, 0.1) is 23.2 Å². The van der Waals surface area contributed by atoms with E-state index in [1.54, 1.807) is 30.3 Å². The summed E-state index contributed by atoms with van der Waals surface area (Å²) >= 11 is 0. The molecule has 0 heterocycles. The molecule has 0 radical (unpaired) electrons. The van der Waals surface area contributed by atoms with Gasteiger partial charge >= 0.3 is 5.97 Å². The summed E-state index contributed by atoms with van der Waals surface area (Å²) in [6, 6.07) is 13.6. The highest BCUT2D eigenvalue weighted by molar-refractivity contribution is 6.02. The molecule has 3 atom stereocenters. The molecule has 3 rings (SSSR count). The Balaban J connectivity index is 1.83. The molecular formula is C20H18N2O5. The van der Waals surface area contributed by atoms with Gasteiger partial charge in [0.05, 0.1) is 43.4 Å². The number of methoxy groups -OCH3 is 2. The molecule has 2 aromatic carbocycles. The van der Waals surface area contributed by atoms with Gasteiger partial charge < -0.3 is 19.9 Å². The number of anilines is 1. The van der Waals surface area contributed by atoms with Gasteiger partial charge in [0.15, 0.2) is 11.5 Å². The minimum Gasteiger partial charge on any atom is -0.493 e. The number of nitrogens with zero attached hydrogens (tertiary/aromatic N) is 1. The summed E-state index contributed by atoms with van der Waals surface area (Å²) in [5.74, 6) is -1.76. The zero-order valence-electron chi connectivity index (χ0n) is 14.8. The summed E-state index contributed by atoms with van der Waals surface area (Å²) < 4.78 is 10.5. The first kappa shape index (κ1) is 18.3. The van der Waals surface area contributed by atoms with E-state index in [1.807, 2.05) is 0 Å². The monoisotopic (exact) mass is 366 g/mol. The number of hydrogen-bond acceptors (Lipinski definition) is 5. The minimum absolute atomic E-state index is 0.00248. The van der Waals surface area contributed by atoms with Crippen molar-refractivity contribution in [2.24, 2.45) is 11.8 Å². The average molecular weight is 366 g/mol. The Hall–Kier alpha value is -3.53. The smallest absolute Gasteiger partial charge is 0.337 e. The third-order valence-corrected chi connectivity index (χ3v) is 4.68. The highest BCUT2D eigenvalue weighted by Gasteiger charge is 2.56. The number of nitriles is 1. The number of rotatable bonds is 6. The van der Waals surface area contributed by atoms with Crippen molar-refractivity contribution in [3.05, 3.63) is 53.6 Å². The second-order valence-electron chi connectivity index (χ2n) is 6.16. The predicted octanol–water partition coefficient (Wildman–Crippen LogP) is 2.89. The summed E-state index contributed by atoms with van der Waals surface area (Å²) in [5.41, 5.74) is 1.01. The fourth-order valence-electron chi connectivity index (χ4n) is 3.27. The molecule has 2 aromatic rings. The molecule has 1 aliphatic carbocycles. The molecule has 1 aliphatic rings. The zero-order chi connectivity index (χ0) is 19.6. The highest BCUT2D eigenvalue weighted by atomic mass is 16.5. The maximum Gasteiger partial charge on any atom is 0.337 e. The van der Waals surface area contributed by atoms with E-state index in [0.717, 1.165) is 5.56 Å². The number of amides is 1. The summed E-state index contributed by atoms with van der Waals surface area (Å²) in [4.78, 5) is 24.0. The van der Waals surface area contributed by atoms with E-state index in [-0.39, 0.29) is 23.1 Å². The summed E-state index contributed by atoms with van der Waals surface area (Å²) in [5, 5.41) is 21.3. The molecular weight excluding hydrogens is 348 g/mol. The Labute approximate surface area is 156 Å². The van der Waals surface area contributed by atoms with Crippen molar-refractivity contribution >= 4 is 17.6 Å². The number of carboxylic acids is 1. The van der Waals surface area contributed by atoms with Crippen LogP contribution in [0.3, 0.4) is 0 Å². The third kappa shape index (κ3) is 3.42. The van der Waals surface area contributed by atoms with Crippen molar-refractivity contribution in [1.82, 2.24) is 0 Å². The maximum absolute atomic E-state index is 12.7. The largest absolute Gasteiger partial charge is 0.493 e. The van der Waals surface area contributed by atoms with E-state index < -0.39 is 17.8 Å². The number of carbonyl (C=O) groups is 2. The number of nitrogens with one attached hydrogen (secondary N) is 1. The Morgan fingerprint density at radius 2 is 1.81 bits per heavy atom. The van der Waals surface area contributed by atoms with Crippen LogP contribution in [0.15, 0.2) is 42.5 Å². The Bertz CT molecular complexity index is 934. The second-order valence-corrected chi connectivity index (χ2v) is 6.16. The number of aromatic carboxylic acids is 1. The number of carbonyl (C=O) groups excluding carboxylic acids is 1. The van der Waals surface area contributed by atoms with Gasteiger partial charge in [-0.3, -0.25) is 4.79 Å². The first-order chi connectivity index (χ1) is 13.0. The summed E-state index contributed by atoms with van der Waals surface area (Å²) in [6.45, 7) is 0. The van der Waals surface area contributed by atoms with Crippen LogP contribution >= 0.6 is 0 Å². The normalized spacial score (nSPS) is 20.3. The molecule has 27 heavy (non-hydrogen) atoms. The topological polar surface area (TPSA) is 109 Å². The number of hydrogen-bond donors (Lipinski definition) is 2. The van der Waals surface area contributed by atoms with E-state index in [9.17, 15) is 20.0 Å². The van der Waals surface area contributed by atoms with Gasteiger partial charge in [-0.15, -0.1) is 0 Å². The van der Waals surface area contributed by atoms with Gasteiger partial charge in [0.2, 0.25) is 5.91 Å². The Kier molecular flexibility index (Phi) is 4.99. The standard InChI is InChI=1S/C20H18N2O5/c1-26-15-8-7-11(9-16(15)27-2)17-13(10-21)18(17)19(23)22-14-6-4-3-5-12(14)20(24)25/h3-9,13,17-18H,1-2H3,(H,22,23)(H,24,25). The Morgan fingerprint density at radius 3 is 2.44 bits per heavy atom. The molecule has 1 saturated carbocycles. The van der Waals surface area contributed by atoms with Gasteiger partial charge in [-0.2, -0.15) is 5.26 Å². The first-order valence-corrected chi connectivity index (χ1v) is 8.26. The van der Waals surface area contributed by atoms with Gasteiger partial charge in [-0.25, -0.2) is 4.79 Å². The van der Waals surface area contributed by atoms with Crippen LogP contribution in [0.4, 0.5) is 5.69 Å². The molecule has 0 bridgehead atoms. The van der Waals surface area contributed by atoms with Crippen molar-refractivity contribution in [2.45, 2.75) is 5.92 Å². The summed E-state index contributed by atoms with van der Waals surface area (Å²) in [6.07, 6.45) is 0. The Morgan fingerprint density at radius 1 is 1.11 bits per heavy atom. The van der Waals surface area contributed by atoms with Crippen molar-refractivity contribution in [3.8, 4) is 17.6 Å². The van der Waals surface area contributed by atoms with Gasteiger partial charge in [0, 0.05) is 5.92 Å². The van der Waals surface area contributed by atoms with Crippen LogP contribution in [0.5, 0.6) is 11.5 Å². The fourth-order valence-corrected chi connectivity index (χ4v) is 3.27. The molecule has 7 heteroatoms. The van der Waals surface area contributed by atoms with Gasteiger partial charge in [0.25, 0.3) is 0 Å². The van der Waals surface area contributed by atoms with Crippen molar-refractivity contribution in [3.63, 3.8) is 0 Å². The van der Waals surface area contributed by atoms with Gasteiger partial charge in [-0.1, -0.05) is 18.2 Å².